The second-order valence-corrected chi connectivity index (χ2v) is 9.50. The fraction of sp³-hybridized carbons (Fsp3) is 0.286. The second-order valence-electron chi connectivity index (χ2n) is 6.87. The highest BCUT2D eigenvalue weighted by Gasteiger charge is 2.29. The number of ether oxygens (including phenoxy) is 2. The average molecular weight is 433 g/mol. The number of fused-ring (bicyclic) bond motifs is 1. The second kappa shape index (κ2) is 8.18. The van der Waals surface area contributed by atoms with E-state index in [1.165, 1.54) is 0 Å². The van der Waals surface area contributed by atoms with E-state index in [0.29, 0.717) is 47.2 Å². The minimum atomic E-state index is -3.43. The summed E-state index contributed by atoms with van der Waals surface area (Å²) in [4.78, 5) is 4.67. The lowest BCUT2D eigenvalue weighted by atomic mass is 10.2. The molecule has 1 saturated heterocycles. The molecule has 2 aromatic carbocycles. The van der Waals surface area contributed by atoms with E-state index in [9.17, 15) is 8.42 Å². The van der Waals surface area contributed by atoms with Gasteiger partial charge in [0, 0.05) is 42.2 Å². The Morgan fingerprint density at radius 3 is 2.69 bits per heavy atom. The summed E-state index contributed by atoms with van der Waals surface area (Å²) in [6, 6.07) is 12.3. The fourth-order valence-electron chi connectivity index (χ4n) is 3.48. The number of methoxy groups -OCH3 is 1. The van der Waals surface area contributed by atoms with Gasteiger partial charge in [-0.25, -0.2) is 8.42 Å². The van der Waals surface area contributed by atoms with E-state index in [1.807, 2.05) is 12.1 Å². The Hall–Kier alpha value is -2.35. The molecule has 0 atom stereocenters. The molecule has 1 fully saturated rings. The normalized spacial score (nSPS) is 15.4. The van der Waals surface area contributed by atoms with Crippen LogP contribution < -0.4 is 10.1 Å². The molecule has 1 aromatic heterocycles. The number of nitrogens with zero attached hydrogens (tertiary/aromatic N) is 1. The van der Waals surface area contributed by atoms with Gasteiger partial charge in [0.1, 0.15) is 5.75 Å². The number of hydrogen-bond donors (Lipinski definition) is 1. The van der Waals surface area contributed by atoms with Crippen LogP contribution in [0.15, 0.2) is 53.6 Å². The fourth-order valence-corrected chi connectivity index (χ4v) is 5.42. The van der Waals surface area contributed by atoms with Crippen LogP contribution in [-0.4, -0.2) is 39.0 Å². The molecule has 1 aliphatic rings. The van der Waals surface area contributed by atoms with E-state index < -0.39 is 15.1 Å². The predicted molar refractivity (Wildman–Crippen MR) is 114 cm³/mol. The molecular formula is C21H21ClN2O4S. The Morgan fingerprint density at radius 2 is 1.93 bits per heavy atom. The molecular weight excluding hydrogens is 412 g/mol. The maximum atomic E-state index is 13.1. The quantitative estimate of drug-likeness (QED) is 0.635. The summed E-state index contributed by atoms with van der Waals surface area (Å²) in [5.41, 5.74) is 2.24. The van der Waals surface area contributed by atoms with Gasteiger partial charge in [-0.3, -0.25) is 4.98 Å². The summed E-state index contributed by atoms with van der Waals surface area (Å²) in [7, 11) is -1.88. The standard InChI is InChI=1S/C21H21ClN2O4S/c1-27-21-12-14(2-4-18(21)22)24-20-6-9-23-19-5-3-16(13-17(19)20)29(25,26)15-7-10-28-11-8-15/h2-6,9,12-13,15H,7-8,10-11H2,1H3,(H,23,24). The molecule has 0 spiro atoms. The van der Waals surface area contributed by atoms with Crippen LogP contribution in [0.1, 0.15) is 12.8 Å². The lowest BCUT2D eigenvalue weighted by Gasteiger charge is -2.22. The lowest BCUT2D eigenvalue weighted by molar-refractivity contribution is 0.0983. The first-order chi connectivity index (χ1) is 14.0. The van der Waals surface area contributed by atoms with Gasteiger partial charge < -0.3 is 14.8 Å². The predicted octanol–water partition coefficient (Wildman–Crippen LogP) is 4.59. The van der Waals surface area contributed by atoms with E-state index in [2.05, 4.69) is 10.3 Å². The first kappa shape index (κ1) is 19.9. The SMILES string of the molecule is COc1cc(Nc2ccnc3ccc(S(=O)(=O)C4CCOCC4)cc23)ccc1Cl. The third kappa shape index (κ3) is 4.03. The van der Waals surface area contributed by atoms with Crippen molar-refractivity contribution in [2.45, 2.75) is 23.0 Å². The van der Waals surface area contributed by atoms with Gasteiger partial charge in [-0.2, -0.15) is 0 Å². The highest BCUT2D eigenvalue weighted by Crippen LogP contribution is 2.33. The van der Waals surface area contributed by atoms with Gasteiger partial charge in [0.05, 0.1) is 27.8 Å². The van der Waals surface area contributed by atoms with Crippen molar-refractivity contribution in [3.63, 3.8) is 0 Å². The zero-order valence-electron chi connectivity index (χ0n) is 15.9. The van der Waals surface area contributed by atoms with Crippen LogP contribution in [-0.2, 0) is 14.6 Å². The number of pyridine rings is 1. The van der Waals surface area contributed by atoms with Crippen LogP contribution in [0.2, 0.25) is 5.02 Å². The summed E-state index contributed by atoms with van der Waals surface area (Å²) in [6.07, 6.45) is 2.72. The van der Waals surface area contributed by atoms with E-state index in [-0.39, 0.29) is 0 Å². The minimum absolute atomic E-state index is 0.307. The zero-order chi connectivity index (χ0) is 20.4. The number of hydrogen-bond acceptors (Lipinski definition) is 6. The van der Waals surface area contributed by atoms with Crippen molar-refractivity contribution in [1.82, 2.24) is 4.98 Å². The summed E-state index contributed by atoms with van der Waals surface area (Å²) in [6.45, 7) is 0.953. The third-order valence-corrected chi connectivity index (χ3v) is 7.65. The van der Waals surface area contributed by atoms with Crippen molar-refractivity contribution < 1.29 is 17.9 Å². The highest BCUT2D eigenvalue weighted by atomic mass is 35.5. The number of anilines is 2. The van der Waals surface area contributed by atoms with Gasteiger partial charge in [-0.15, -0.1) is 0 Å². The zero-order valence-corrected chi connectivity index (χ0v) is 17.5. The smallest absolute Gasteiger partial charge is 0.181 e. The van der Waals surface area contributed by atoms with Gasteiger partial charge in [0.15, 0.2) is 9.84 Å². The van der Waals surface area contributed by atoms with Crippen molar-refractivity contribution in [2.24, 2.45) is 0 Å². The number of halogens is 1. The Bertz CT molecular complexity index is 1140. The molecule has 152 valence electrons. The molecule has 0 radical (unpaired) electrons. The van der Waals surface area contributed by atoms with Crippen molar-refractivity contribution in [1.29, 1.82) is 0 Å². The summed E-state index contributed by atoms with van der Waals surface area (Å²) < 4.78 is 36.8. The Morgan fingerprint density at radius 1 is 1.14 bits per heavy atom. The van der Waals surface area contributed by atoms with Crippen LogP contribution >= 0.6 is 11.6 Å². The number of rotatable bonds is 5. The van der Waals surface area contributed by atoms with Crippen LogP contribution in [0, 0.1) is 0 Å². The molecule has 4 rings (SSSR count). The van der Waals surface area contributed by atoms with Crippen LogP contribution in [0.25, 0.3) is 10.9 Å². The molecule has 2 heterocycles. The Labute approximate surface area is 174 Å². The van der Waals surface area contributed by atoms with Crippen molar-refractivity contribution in [2.75, 3.05) is 25.6 Å². The molecule has 6 nitrogen and oxygen atoms in total. The largest absolute Gasteiger partial charge is 0.495 e. The molecule has 1 N–H and O–H groups in total. The summed E-state index contributed by atoms with van der Waals surface area (Å²) in [5, 5.41) is 4.15. The van der Waals surface area contributed by atoms with Crippen molar-refractivity contribution in [3.05, 3.63) is 53.7 Å². The number of sulfone groups is 1. The molecule has 0 unspecified atom stereocenters. The first-order valence-corrected chi connectivity index (χ1v) is 11.2. The average Bonchev–Trinajstić information content (AvgIpc) is 2.75. The number of benzene rings is 2. The molecule has 29 heavy (non-hydrogen) atoms. The van der Waals surface area contributed by atoms with Gasteiger partial charge in [0.25, 0.3) is 0 Å². The van der Waals surface area contributed by atoms with Gasteiger partial charge in [-0.1, -0.05) is 11.6 Å². The van der Waals surface area contributed by atoms with Gasteiger partial charge in [0.2, 0.25) is 0 Å². The Kier molecular flexibility index (Phi) is 5.63. The Balaban J connectivity index is 1.73. The van der Waals surface area contributed by atoms with E-state index in [4.69, 9.17) is 21.1 Å². The summed E-state index contributed by atoms with van der Waals surface area (Å²) in [5.74, 6) is 0.554. The van der Waals surface area contributed by atoms with E-state index in [0.717, 1.165) is 16.8 Å². The first-order valence-electron chi connectivity index (χ1n) is 9.30. The monoisotopic (exact) mass is 432 g/mol. The van der Waals surface area contributed by atoms with E-state index >= 15 is 0 Å². The molecule has 0 aliphatic carbocycles. The maximum absolute atomic E-state index is 13.1. The third-order valence-electron chi connectivity index (χ3n) is 5.08. The molecule has 0 amide bonds. The maximum Gasteiger partial charge on any atom is 0.181 e. The van der Waals surface area contributed by atoms with E-state index in [1.54, 1.807) is 43.6 Å². The van der Waals surface area contributed by atoms with Crippen LogP contribution in [0.5, 0.6) is 5.75 Å². The molecule has 0 bridgehead atoms. The number of aromatic nitrogens is 1. The molecule has 8 heteroatoms. The topological polar surface area (TPSA) is 77.5 Å². The number of nitrogens with one attached hydrogen (secondary N) is 1. The van der Waals surface area contributed by atoms with Crippen molar-refractivity contribution >= 4 is 43.7 Å². The summed E-state index contributed by atoms with van der Waals surface area (Å²) >= 11 is 6.10. The van der Waals surface area contributed by atoms with Crippen molar-refractivity contribution in [3.8, 4) is 5.75 Å². The van der Waals surface area contributed by atoms with Crippen LogP contribution in [0.3, 0.4) is 0 Å². The molecule has 1 aliphatic heterocycles. The van der Waals surface area contributed by atoms with Gasteiger partial charge >= 0.3 is 0 Å². The van der Waals surface area contributed by atoms with Crippen LogP contribution in [0.4, 0.5) is 11.4 Å². The minimum Gasteiger partial charge on any atom is -0.495 e. The molecule has 3 aromatic rings. The highest BCUT2D eigenvalue weighted by molar-refractivity contribution is 7.92. The van der Waals surface area contributed by atoms with Gasteiger partial charge in [-0.05, 0) is 49.2 Å². The lowest BCUT2D eigenvalue weighted by Crippen LogP contribution is -2.28. The molecule has 0 saturated carbocycles.